The van der Waals surface area contributed by atoms with Crippen molar-refractivity contribution in [1.82, 2.24) is 19.9 Å². The molecular weight excluding hydrogens is 290 g/mol. The summed E-state index contributed by atoms with van der Waals surface area (Å²) in [6, 6.07) is 3.93. The Hall–Kier alpha value is -2.42. The molecule has 2 aromatic heterocycles. The molecule has 2 heterocycles. The van der Waals surface area contributed by atoms with Gasteiger partial charge in [0.15, 0.2) is 0 Å². The van der Waals surface area contributed by atoms with Crippen molar-refractivity contribution in [3.05, 3.63) is 24.3 Å². The highest BCUT2D eigenvalue weighted by atomic mass is 16.2. The van der Waals surface area contributed by atoms with Gasteiger partial charge >= 0.3 is 0 Å². The number of fused-ring (bicyclic) bond motifs is 1. The molecule has 23 heavy (non-hydrogen) atoms. The Morgan fingerprint density at radius 1 is 1.43 bits per heavy atom. The van der Waals surface area contributed by atoms with Crippen LogP contribution < -0.4 is 0 Å². The predicted molar refractivity (Wildman–Crippen MR) is 88.6 cm³/mol. The zero-order valence-electron chi connectivity index (χ0n) is 13.9. The van der Waals surface area contributed by atoms with E-state index in [1.54, 1.807) is 11.2 Å². The van der Waals surface area contributed by atoms with E-state index in [0.29, 0.717) is 13.1 Å². The molecule has 0 saturated heterocycles. The largest absolute Gasteiger partial charge is 0.346 e. The van der Waals surface area contributed by atoms with Gasteiger partial charge in [-0.3, -0.25) is 4.79 Å². The summed E-state index contributed by atoms with van der Waals surface area (Å²) in [7, 11) is 0. The molecule has 6 nitrogen and oxygen atoms in total. The van der Waals surface area contributed by atoms with Crippen LogP contribution in [-0.4, -0.2) is 38.8 Å². The van der Waals surface area contributed by atoms with Crippen molar-refractivity contribution in [1.29, 1.82) is 5.26 Å². The topological polar surface area (TPSA) is 85.7 Å². The van der Waals surface area contributed by atoms with Crippen molar-refractivity contribution in [2.75, 3.05) is 13.1 Å². The third-order valence-corrected chi connectivity index (χ3v) is 4.47. The van der Waals surface area contributed by atoms with Gasteiger partial charge in [-0.1, -0.05) is 20.3 Å². The van der Waals surface area contributed by atoms with Crippen LogP contribution in [0.15, 0.2) is 18.6 Å². The summed E-state index contributed by atoms with van der Waals surface area (Å²) in [4.78, 5) is 25.6. The number of nitriles is 1. The van der Waals surface area contributed by atoms with Crippen molar-refractivity contribution >= 4 is 16.9 Å². The summed E-state index contributed by atoms with van der Waals surface area (Å²) >= 11 is 0. The molecule has 1 amide bonds. The zero-order chi connectivity index (χ0) is 16.8. The van der Waals surface area contributed by atoms with Gasteiger partial charge in [-0.05, 0) is 18.9 Å². The van der Waals surface area contributed by atoms with Crippen LogP contribution in [0, 0.1) is 17.2 Å². The molecule has 0 aliphatic carbocycles. The summed E-state index contributed by atoms with van der Waals surface area (Å²) in [5.41, 5.74) is 1.84. The second kappa shape index (κ2) is 7.73. The molecule has 0 aromatic carbocycles. The normalized spacial score (nSPS) is 13.5. The molecule has 0 fully saturated rings. The first-order chi connectivity index (χ1) is 11.1. The zero-order valence-corrected chi connectivity index (χ0v) is 13.9. The molecule has 2 aromatic rings. The third kappa shape index (κ3) is 3.67. The van der Waals surface area contributed by atoms with Crippen molar-refractivity contribution in [3.8, 4) is 6.07 Å². The summed E-state index contributed by atoms with van der Waals surface area (Å²) in [6.07, 6.45) is 4.32. The lowest BCUT2D eigenvalue weighted by molar-refractivity contribution is -0.130. The van der Waals surface area contributed by atoms with Crippen LogP contribution in [0.3, 0.4) is 0 Å². The van der Waals surface area contributed by atoms with Gasteiger partial charge in [-0.2, -0.15) is 5.26 Å². The molecule has 0 spiro atoms. The maximum Gasteiger partial charge on any atom is 0.236 e. The van der Waals surface area contributed by atoms with E-state index in [1.807, 2.05) is 25.3 Å². The lowest BCUT2D eigenvalue weighted by atomic mass is 9.87. The lowest BCUT2D eigenvalue weighted by Gasteiger charge is -2.29. The van der Waals surface area contributed by atoms with Crippen LogP contribution in [0.4, 0.5) is 0 Å². The number of aromatic amines is 1. The third-order valence-electron chi connectivity index (χ3n) is 4.47. The molecular formula is C17H23N5O. The van der Waals surface area contributed by atoms with Gasteiger partial charge in [0.05, 0.1) is 11.8 Å². The Balaban J connectivity index is 2.21. The Labute approximate surface area is 136 Å². The number of H-pyrrole nitrogens is 1. The van der Waals surface area contributed by atoms with Crippen LogP contribution in [0.5, 0.6) is 0 Å². The highest BCUT2D eigenvalue weighted by Gasteiger charge is 2.24. The summed E-state index contributed by atoms with van der Waals surface area (Å²) in [5, 5.41) is 9.77. The van der Waals surface area contributed by atoms with E-state index in [-0.39, 0.29) is 24.2 Å². The van der Waals surface area contributed by atoms with Crippen LogP contribution in [0.1, 0.15) is 45.2 Å². The SMILES string of the molecule is CCC(CN(CC)C(=O)CC#N)C(C)c1ncnc2[nH]ccc12. The first kappa shape index (κ1) is 16.9. The molecule has 0 saturated carbocycles. The second-order valence-corrected chi connectivity index (χ2v) is 5.72. The molecule has 2 atom stereocenters. The van der Waals surface area contributed by atoms with Crippen LogP contribution >= 0.6 is 0 Å². The minimum atomic E-state index is -0.102. The average Bonchev–Trinajstić information content (AvgIpc) is 3.04. The Kier molecular flexibility index (Phi) is 5.69. The van der Waals surface area contributed by atoms with Crippen molar-refractivity contribution in [2.45, 2.75) is 39.5 Å². The molecule has 6 heteroatoms. The Morgan fingerprint density at radius 2 is 2.22 bits per heavy atom. The molecule has 1 N–H and O–H groups in total. The van der Waals surface area contributed by atoms with Crippen molar-refractivity contribution < 1.29 is 4.79 Å². The van der Waals surface area contributed by atoms with Gasteiger partial charge < -0.3 is 9.88 Å². The summed E-state index contributed by atoms with van der Waals surface area (Å²) in [6.45, 7) is 7.48. The maximum absolute atomic E-state index is 12.0. The van der Waals surface area contributed by atoms with E-state index < -0.39 is 0 Å². The molecule has 2 unspecified atom stereocenters. The highest BCUT2D eigenvalue weighted by Crippen LogP contribution is 2.30. The monoisotopic (exact) mass is 313 g/mol. The smallest absolute Gasteiger partial charge is 0.236 e. The summed E-state index contributed by atoms with van der Waals surface area (Å²) < 4.78 is 0. The predicted octanol–water partition coefficient (Wildman–Crippen LogP) is 2.85. The highest BCUT2D eigenvalue weighted by molar-refractivity contribution is 5.79. The molecule has 0 radical (unpaired) electrons. The van der Waals surface area contributed by atoms with Crippen LogP contribution in [0.25, 0.3) is 11.0 Å². The number of rotatable bonds is 7. The minimum absolute atomic E-state index is 0.0613. The Morgan fingerprint density at radius 3 is 2.87 bits per heavy atom. The number of aromatic nitrogens is 3. The second-order valence-electron chi connectivity index (χ2n) is 5.72. The molecule has 122 valence electrons. The van der Waals surface area contributed by atoms with Gasteiger partial charge in [-0.25, -0.2) is 9.97 Å². The molecule has 2 rings (SSSR count). The number of carbonyl (C=O) groups is 1. The van der Waals surface area contributed by atoms with E-state index in [4.69, 9.17) is 5.26 Å². The summed E-state index contributed by atoms with van der Waals surface area (Å²) in [5.74, 6) is 0.381. The number of nitrogens with zero attached hydrogens (tertiary/aromatic N) is 4. The van der Waals surface area contributed by atoms with Gasteiger partial charge in [0.25, 0.3) is 0 Å². The first-order valence-electron chi connectivity index (χ1n) is 8.05. The Bertz CT molecular complexity index is 702. The number of hydrogen-bond donors (Lipinski definition) is 1. The van der Waals surface area contributed by atoms with Crippen molar-refractivity contribution in [2.24, 2.45) is 5.92 Å². The van der Waals surface area contributed by atoms with Gasteiger partial charge in [0.2, 0.25) is 5.91 Å². The fraction of sp³-hybridized carbons (Fsp3) is 0.529. The molecule has 0 aliphatic heterocycles. The minimum Gasteiger partial charge on any atom is -0.346 e. The fourth-order valence-corrected chi connectivity index (χ4v) is 2.99. The van der Waals surface area contributed by atoms with E-state index in [9.17, 15) is 4.79 Å². The van der Waals surface area contributed by atoms with E-state index in [2.05, 4.69) is 28.8 Å². The van der Waals surface area contributed by atoms with Crippen LogP contribution in [-0.2, 0) is 4.79 Å². The number of nitrogens with one attached hydrogen (secondary N) is 1. The van der Waals surface area contributed by atoms with E-state index >= 15 is 0 Å². The van der Waals surface area contributed by atoms with Gasteiger partial charge in [-0.15, -0.1) is 0 Å². The standard InChI is InChI=1S/C17H23N5O/c1-4-13(10-22(5-2)15(23)6-8-18)12(3)16-14-7-9-19-17(14)21-11-20-16/h7,9,11-13H,4-6,10H2,1-3H3,(H,19,20,21). The van der Waals surface area contributed by atoms with E-state index in [1.165, 1.54) is 0 Å². The number of amides is 1. The lowest BCUT2D eigenvalue weighted by Crippen LogP contribution is -2.36. The van der Waals surface area contributed by atoms with E-state index in [0.717, 1.165) is 23.1 Å². The van der Waals surface area contributed by atoms with Gasteiger partial charge in [0, 0.05) is 30.6 Å². The number of hydrogen-bond acceptors (Lipinski definition) is 4. The molecule has 0 aliphatic rings. The van der Waals surface area contributed by atoms with Crippen LogP contribution in [0.2, 0.25) is 0 Å². The quantitative estimate of drug-likeness (QED) is 0.851. The number of carbonyl (C=O) groups excluding carboxylic acids is 1. The first-order valence-corrected chi connectivity index (χ1v) is 8.05. The molecule has 0 bridgehead atoms. The van der Waals surface area contributed by atoms with Gasteiger partial charge in [0.1, 0.15) is 18.4 Å². The fourth-order valence-electron chi connectivity index (χ4n) is 2.99. The maximum atomic E-state index is 12.0. The average molecular weight is 313 g/mol. The van der Waals surface area contributed by atoms with Crippen molar-refractivity contribution in [3.63, 3.8) is 0 Å².